The smallest absolute Gasteiger partial charge is 0.346 e. The Morgan fingerprint density at radius 3 is 2.58 bits per heavy atom. The van der Waals surface area contributed by atoms with Crippen LogP contribution in [0.3, 0.4) is 0 Å². The standard InChI is InChI=1S/C22H19BClF2N3O4/c23-16-8-15-12(10-29(20(15)32)17-5-6-18(30)28-19(17)31)7-11(16)9-27-21(33)22(25,26)13-1-3-14(24)4-2-13/h1-4,7-8,17H,5-6,9-10,23H2,(H,27,33)(H,28,30,31). The Kier molecular flexibility index (Phi) is 5.96. The first kappa shape index (κ1) is 22.9. The summed E-state index contributed by atoms with van der Waals surface area (Å²) in [4.78, 5) is 50.0. The molecule has 1 saturated heterocycles. The van der Waals surface area contributed by atoms with Gasteiger partial charge >= 0.3 is 5.92 Å². The van der Waals surface area contributed by atoms with Crippen LogP contribution in [0.2, 0.25) is 5.02 Å². The zero-order valence-corrected chi connectivity index (χ0v) is 18.3. The molecule has 0 radical (unpaired) electrons. The Balaban J connectivity index is 1.48. The summed E-state index contributed by atoms with van der Waals surface area (Å²) in [5, 5.41) is 4.78. The van der Waals surface area contributed by atoms with Crippen LogP contribution < -0.4 is 16.1 Å². The summed E-state index contributed by atoms with van der Waals surface area (Å²) in [6, 6.07) is 7.32. The maximum Gasteiger partial charge on any atom is 0.349 e. The van der Waals surface area contributed by atoms with Crippen LogP contribution in [0, 0.1) is 0 Å². The Bertz CT molecular complexity index is 1170. The minimum atomic E-state index is -3.74. The first-order chi connectivity index (χ1) is 15.6. The predicted molar refractivity (Wildman–Crippen MR) is 118 cm³/mol. The minimum Gasteiger partial charge on any atom is -0.346 e. The van der Waals surface area contributed by atoms with Gasteiger partial charge in [0.25, 0.3) is 11.8 Å². The van der Waals surface area contributed by atoms with Gasteiger partial charge < -0.3 is 10.2 Å². The Hall–Kier alpha value is -3.27. The highest BCUT2D eigenvalue weighted by atomic mass is 35.5. The molecule has 11 heteroatoms. The molecule has 0 aliphatic carbocycles. The van der Waals surface area contributed by atoms with Gasteiger partial charge in [0.1, 0.15) is 13.9 Å². The molecule has 0 aromatic heterocycles. The molecule has 1 atom stereocenters. The van der Waals surface area contributed by atoms with E-state index in [1.807, 2.05) is 0 Å². The third-order valence-electron chi connectivity index (χ3n) is 5.91. The molecule has 2 aliphatic heterocycles. The fraction of sp³-hybridized carbons (Fsp3) is 0.273. The van der Waals surface area contributed by atoms with Gasteiger partial charge in [-0.15, -0.1) is 0 Å². The zero-order valence-electron chi connectivity index (χ0n) is 17.6. The molecule has 0 saturated carbocycles. The summed E-state index contributed by atoms with van der Waals surface area (Å²) in [6.45, 7) is -0.00363. The molecule has 2 heterocycles. The van der Waals surface area contributed by atoms with E-state index in [9.17, 15) is 28.0 Å². The second-order valence-electron chi connectivity index (χ2n) is 8.10. The van der Waals surface area contributed by atoms with E-state index >= 15 is 0 Å². The lowest BCUT2D eigenvalue weighted by atomic mass is 9.87. The van der Waals surface area contributed by atoms with Crippen molar-refractivity contribution in [3.05, 3.63) is 63.7 Å². The molecule has 1 fully saturated rings. The number of amides is 4. The maximum absolute atomic E-state index is 14.5. The highest BCUT2D eigenvalue weighted by Crippen LogP contribution is 2.30. The second kappa shape index (κ2) is 8.59. The third kappa shape index (κ3) is 4.35. The number of hydrogen-bond acceptors (Lipinski definition) is 4. The monoisotopic (exact) mass is 473 g/mol. The van der Waals surface area contributed by atoms with Gasteiger partial charge in [0, 0.05) is 35.7 Å². The summed E-state index contributed by atoms with van der Waals surface area (Å²) in [5.74, 6) is -6.41. The molecule has 1 unspecified atom stereocenters. The molecule has 33 heavy (non-hydrogen) atoms. The van der Waals surface area contributed by atoms with Gasteiger partial charge in [0.2, 0.25) is 11.8 Å². The van der Waals surface area contributed by atoms with Crippen molar-refractivity contribution in [2.75, 3.05) is 0 Å². The molecule has 2 aromatic carbocycles. The van der Waals surface area contributed by atoms with Crippen molar-refractivity contribution in [2.24, 2.45) is 0 Å². The molecule has 4 rings (SSSR count). The van der Waals surface area contributed by atoms with Crippen LogP contribution >= 0.6 is 11.6 Å². The first-order valence-corrected chi connectivity index (χ1v) is 10.6. The molecule has 2 aliphatic rings. The number of imide groups is 1. The van der Waals surface area contributed by atoms with Crippen molar-refractivity contribution in [1.29, 1.82) is 0 Å². The van der Waals surface area contributed by atoms with Crippen LogP contribution in [0.5, 0.6) is 0 Å². The van der Waals surface area contributed by atoms with E-state index < -0.39 is 29.3 Å². The fourth-order valence-electron chi connectivity index (χ4n) is 4.04. The Morgan fingerprint density at radius 2 is 1.91 bits per heavy atom. The molecular formula is C22H19BClF2N3O4. The van der Waals surface area contributed by atoms with Crippen molar-refractivity contribution in [2.45, 2.75) is 37.9 Å². The zero-order chi connectivity index (χ0) is 23.9. The Labute approximate surface area is 193 Å². The van der Waals surface area contributed by atoms with E-state index in [2.05, 4.69) is 10.6 Å². The topological polar surface area (TPSA) is 95.6 Å². The van der Waals surface area contributed by atoms with Gasteiger partial charge in [-0.25, -0.2) is 0 Å². The second-order valence-corrected chi connectivity index (χ2v) is 8.54. The van der Waals surface area contributed by atoms with Crippen LogP contribution in [-0.4, -0.2) is 42.4 Å². The summed E-state index contributed by atoms with van der Waals surface area (Å²) in [6.07, 6.45) is 0.390. The van der Waals surface area contributed by atoms with Crippen LogP contribution in [0.1, 0.15) is 39.9 Å². The lowest BCUT2D eigenvalue weighted by Crippen LogP contribution is -2.52. The molecule has 2 aromatic rings. The number of fused-ring (bicyclic) bond motifs is 1. The highest BCUT2D eigenvalue weighted by molar-refractivity contribution is 6.34. The van der Waals surface area contributed by atoms with E-state index in [1.165, 1.54) is 17.0 Å². The van der Waals surface area contributed by atoms with Gasteiger partial charge in [-0.1, -0.05) is 41.3 Å². The molecule has 0 bridgehead atoms. The first-order valence-electron chi connectivity index (χ1n) is 10.3. The van der Waals surface area contributed by atoms with Crippen molar-refractivity contribution >= 4 is 48.5 Å². The highest BCUT2D eigenvalue weighted by Gasteiger charge is 2.41. The average Bonchev–Trinajstić information content (AvgIpc) is 3.07. The summed E-state index contributed by atoms with van der Waals surface area (Å²) in [7, 11) is 1.71. The number of alkyl halides is 2. The normalized spacial score (nSPS) is 18.2. The number of hydrogen-bond donors (Lipinski definition) is 2. The maximum atomic E-state index is 14.5. The van der Waals surface area contributed by atoms with E-state index in [1.54, 1.807) is 20.0 Å². The van der Waals surface area contributed by atoms with Crippen molar-refractivity contribution < 1.29 is 28.0 Å². The lowest BCUT2D eigenvalue weighted by Gasteiger charge is -2.29. The minimum absolute atomic E-state index is 0.147. The molecule has 170 valence electrons. The quantitative estimate of drug-likeness (QED) is 0.495. The Morgan fingerprint density at radius 1 is 1.21 bits per heavy atom. The van der Waals surface area contributed by atoms with Gasteiger partial charge in [-0.05, 0) is 29.7 Å². The van der Waals surface area contributed by atoms with E-state index in [0.717, 1.165) is 12.1 Å². The third-order valence-corrected chi connectivity index (χ3v) is 6.16. The number of nitrogens with one attached hydrogen (secondary N) is 2. The summed E-state index contributed by atoms with van der Waals surface area (Å²) in [5.41, 5.74) is 1.79. The van der Waals surface area contributed by atoms with Gasteiger partial charge in [0.05, 0.1) is 0 Å². The lowest BCUT2D eigenvalue weighted by molar-refractivity contribution is -0.147. The van der Waals surface area contributed by atoms with Crippen molar-refractivity contribution in [1.82, 2.24) is 15.5 Å². The number of halogens is 3. The SMILES string of the molecule is Bc1cc2c(cc1CNC(=O)C(F)(F)c1ccc(Cl)cc1)CN(C1CCC(=O)NC1=O)C2=O. The number of carbonyl (C=O) groups is 4. The van der Waals surface area contributed by atoms with E-state index in [4.69, 9.17) is 11.6 Å². The number of nitrogens with zero attached hydrogens (tertiary/aromatic N) is 1. The average molecular weight is 474 g/mol. The number of carbonyl (C=O) groups excluding carboxylic acids is 4. The van der Waals surface area contributed by atoms with Crippen LogP contribution in [0.15, 0.2) is 36.4 Å². The number of benzene rings is 2. The van der Waals surface area contributed by atoms with Gasteiger partial charge in [0.15, 0.2) is 0 Å². The van der Waals surface area contributed by atoms with Gasteiger partial charge in [-0.2, -0.15) is 8.78 Å². The van der Waals surface area contributed by atoms with Gasteiger partial charge in [-0.3, -0.25) is 24.5 Å². The fourth-order valence-corrected chi connectivity index (χ4v) is 4.17. The van der Waals surface area contributed by atoms with Crippen molar-refractivity contribution in [3.63, 3.8) is 0 Å². The van der Waals surface area contributed by atoms with E-state index in [-0.39, 0.29) is 42.8 Å². The molecule has 2 N–H and O–H groups in total. The molecule has 7 nitrogen and oxygen atoms in total. The van der Waals surface area contributed by atoms with Crippen LogP contribution in [0.4, 0.5) is 8.78 Å². The summed E-state index contributed by atoms with van der Waals surface area (Å²) < 4.78 is 29.0. The van der Waals surface area contributed by atoms with Crippen LogP contribution in [0.25, 0.3) is 0 Å². The predicted octanol–water partition coefficient (Wildman–Crippen LogP) is 0.768. The summed E-state index contributed by atoms with van der Waals surface area (Å²) >= 11 is 5.72. The van der Waals surface area contributed by atoms with Crippen molar-refractivity contribution in [3.8, 4) is 0 Å². The largest absolute Gasteiger partial charge is 0.349 e. The van der Waals surface area contributed by atoms with Crippen LogP contribution in [-0.2, 0) is 33.4 Å². The number of piperidine rings is 1. The molecule has 0 spiro atoms. The molecular weight excluding hydrogens is 455 g/mol. The molecule has 4 amide bonds. The van der Waals surface area contributed by atoms with E-state index in [0.29, 0.717) is 22.2 Å². The number of rotatable bonds is 5.